The summed E-state index contributed by atoms with van der Waals surface area (Å²) >= 11 is 3.32. The average molecular weight is 362 g/mol. The van der Waals surface area contributed by atoms with Gasteiger partial charge >= 0.3 is 0 Å². The highest BCUT2D eigenvalue weighted by Gasteiger charge is 2.15. The summed E-state index contributed by atoms with van der Waals surface area (Å²) in [7, 11) is 1.94. The van der Waals surface area contributed by atoms with Crippen LogP contribution in [0, 0.1) is 6.92 Å². The zero-order valence-electron chi connectivity index (χ0n) is 13.0. The van der Waals surface area contributed by atoms with E-state index >= 15 is 0 Å². The third kappa shape index (κ3) is 4.64. The lowest BCUT2D eigenvalue weighted by Crippen LogP contribution is -2.32. The van der Waals surface area contributed by atoms with Crippen molar-refractivity contribution >= 4 is 27.7 Å². The number of carbonyl (C=O) groups is 1. The van der Waals surface area contributed by atoms with Gasteiger partial charge < -0.3 is 5.32 Å². The molecule has 0 bridgehead atoms. The molecule has 2 aromatic rings. The number of nitrogens with one attached hydrogen (secondary N) is 1. The predicted molar refractivity (Wildman–Crippen MR) is 92.8 cm³/mol. The van der Waals surface area contributed by atoms with Crippen LogP contribution in [0.25, 0.3) is 0 Å². The zero-order chi connectivity index (χ0) is 16.1. The highest BCUT2D eigenvalue weighted by atomic mass is 79.9. The molecule has 4 nitrogen and oxygen atoms in total. The van der Waals surface area contributed by atoms with Crippen LogP contribution in [0.1, 0.15) is 24.1 Å². The molecular formula is C17H20BrN3O. The number of hydrogen-bond acceptors (Lipinski definition) is 3. The van der Waals surface area contributed by atoms with E-state index in [0.717, 1.165) is 4.47 Å². The van der Waals surface area contributed by atoms with Gasteiger partial charge in [0.05, 0.1) is 6.54 Å². The summed E-state index contributed by atoms with van der Waals surface area (Å²) in [6, 6.07) is 12.2. The molecule has 0 saturated heterocycles. The molecule has 22 heavy (non-hydrogen) atoms. The number of anilines is 1. The molecule has 1 aromatic carbocycles. The van der Waals surface area contributed by atoms with E-state index in [2.05, 4.69) is 64.3 Å². The average Bonchev–Trinajstić information content (AvgIpc) is 2.49. The maximum absolute atomic E-state index is 12.1. The molecular weight excluding hydrogens is 342 g/mol. The van der Waals surface area contributed by atoms with Crippen LogP contribution in [0.2, 0.25) is 0 Å². The number of rotatable bonds is 5. The largest absolute Gasteiger partial charge is 0.310 e. The molecule has 0 aliphatic carbocycles. The number of carbonyl (C=O) groups excluding carboxylic acids is 1. The first-order valence-electron chi connectivity index (χ1n) is 7.14. The van der Waals surface area contributed by atoms with Gasteiger partial charge in [-0.15, -0.1) is 0 Å². The number of aromatic nitrogens is 1. The fourth-order valence-electron chi connectivity index (χ4n) is 2.10. The molecule has 116 valence electrons. The molecule has 1 unspecified atom stereocenters. The van der Waals surface area contributed by atoms with Gasteiger partial charge in [0.25, 0.3) is 0 Å². The highest BCUT2D eigenvalue weighted by Crippen LogP contribution is 2.19. The minimum absolute atomic E-state index is 0.0729. The number of halogens is 1. The summed E-state index contributed by atoms with van der Waals surface area (Å²) in [6.07, 6.45) is 1.66. The second kappa shape index (κ2) is 7.51. The molecule has 0 saturated carbocycles. The lowest BCUT2D eigenvalue weighted by atomic mass is 10.1. The van der Waals surface area contributed by atoms with Crippen LogP contribution in [-0.4, -0.2) is 29.4 Å². The van der Waals surface area contributed by atoms with Crippen molar-refractivity contribution in [1.29, 1.82) is 0 Å². The second-order valence-corrected chi connectivity index (χ2v) is 6.33. The number of nitrogens with zero attached hydrogens (tertiary/aromatic N) is 2. The summed E-state index contributed by atoms with van der Waals surface area (Å²) in [5.41, 5.74) is 2.43. The van der Waals surface area contributed by atoms with Crippen molar-refractivity contribution in [3.05, 3.63) is 58.2 Å². The van der Waals surface area contributed by atoms with Gasteiger partial charge in [-0.3, -0.25) is 9.69 Å². The molecule has 0 aliphatic heterocycles. The maximum atomic E-state index is 12.1. The van der Waals surface area contributed by atoms with Crippen molar-refractivity contribution in [2.45, 2.75) is 19.9 Å². The van der Waals surface area contributed by atoms with Crippen molar-refractivity contribution in [1.82, 2.24) is 9.88 Å². The van der Waals surface area contributed by atoms with Gasteiger partial charge in [0, 0.05) is 16.7 Å². The Hall–Kier alpha value is -1.72. The Labute approximate surface area is 139 Å². The van der Waals surface area contributed by atoms with E-state index in [0.29, 0.717) is 12.4 Å². The number of likely N-dealkylation sites (N-methyl/N-ethyl adjacent to an activating group) is 1. The SMILES string of the molecule is Cc1ccc(C(C)N(C)CC(=O)Nc2ccc(Br)cn2)cc1. The number of benzene rings is 1. The third-order valence-electron chi connectivity index (χ3n) is 3.61. The third-order valence-corrected chi connectivity index (χ3v) is 4.08. The quantitative estimate of drug-likeness (QED) is 0.881. The fraction of sp³-hybridized carbons (Fsp3) is 0.294. The summed E-state index contributed by atoms with van der Waals surface area (Å²) in [6.45, 7) is 4.47. The van der Waals surface area contributed by atoms with Crippen LogP contribution in [0.15, 0.2) is 47.1 Å². The molecule has 2 rings (SSSR count). The van der Waals surface area contributed by atoms with Crippen LogP contribution in [-0.2, 0) is 4.79 Å². The van der Waals surface area contributed by atoms with Gasteiger partial charge in [-0.25, -0.2) is 4.98 Å². The Morgan fingerprint density at radius 1 is 1.27 bits per heavy atom. The first kappa shape index (κ1) is 16.6. The summed E-state index contributed by atoms with van der Waals surface area (Å²) < 4.78 is 0.885. The fourth-order valence-corrected chi connectivity index (χ4v) is 2.33. The van der Waals surface area contributed by atoms with Crippen LogP contribution in [0.4, 0.5) is 5.82 Å². The molecule has 0 spiro atoms. The minimum Gasteiger partial charge on any atom is -0.310 e. The maximum Gasteiger partial charge on any atom is 0.239 e. The van der Waals surface area contributed by atoms with Crippen molar-refractivity contribution in [2.75, 3.05) is 18.9 Å². The zero-order valence-corrected chi connectivity index (χ0v) is 14.6. The summed E-state index contributed by atoms with van der Waals surface area (Å²) in [4.78, 5) is 18.2. The summed E-state index contributed by atoms with van der Waals surface area (Å²) in [5, 5.41) is 2.80. The second-order valence-electron chi connectivity index (χ2n) is 5.41. The smallest absolute Gasteiger partial charge is 0.239 e. The minimum atomic E-state index is -0.0729. The van der Waals surface area contributed by atoms with E-state index in [1.165, 1.54) is 11.1 Å². The van der Waals surface area contributed by atoms with E-state index in [1.54, 1.807) is 12.3 Å². The van der Waals surface area contributed by atoms with Gasteiger partial charge in [-0.05, 0) is 54.5 Å². The van der Waals surface area contributed by atoms with Crippen LogP contribution < -0.4 is 5.32 Å². The topological polar surface area (TPSA) is 45.2 Å². The molecule has 5 heteroatoms. The van der Waals surface area contributed by atoms with Crippen LogP contribution in [0.5, 0.6) is 0 Å². The Balaban J connectivity index is 1.92. The van der Waals surface area contributed by atoms with E-state index in [-0.39, 0.29) is 11.9 Å². The molecule has 1 aromatic heterocycles. The van der Waals surface area contributed by atoms with Crippen molar-refractivity contribution in [2.24, 2.45) is 0 Å². The van der Waals surface area contributed by atoms with Gasteiger partial charge in [0.2, 0.25) is 5.91 Å². The van der Waals surface area contributed by atoms with Gasteiger partial charge in [-0.2, -0.15) is 0 Å². The Morgan fingerprint density at radius 3 is 2.55 bits per heavy atom. The van der Waals surface area contributed by atoms with E-state index < -0.39 is 0 Å². The predicted octanol–water partition coefficient (Wildman–Crippen LogP) is 3.78. The number of pyridine rings is 1. The standard InChI is InChI=1S/C17H20BrN3O/c1-12-4-6-14(7-5-12)13(2)21(3)11-17(22)20-16-9-8-15(18)10-19-16/h4-10,13H,11H2,1-3H3,(H,19,20,22). The Morgan fingerprint density at radius 2 is 1.95 bits per heavy atom. The number of hydrogen-bond donors (Lipinski definition) is 1. The van der Waals surface area contributed by atoms with Gasteiger partial charge in [0.15, 0.2) is 0 Å². The lowest BCUT2D eigenvalue weighted by molar-refractivity contribution is -0.117. The molecule has 0 aliphatic rings. The lowest BCUT2D eigenvalue weighted by Gasteiger charge is -2.24. The molecule has 1 heterocycles. The monoisotopic (exact) mass is 361 g/mol. The molecule has 1 amide bonds. The number of aryl methyl sites for hydroxylation is 1. The van der Waals surface area contributed by atoms with Gasteiger partial charge in [-0.1, -0.05) is 29.8 Å². The van der Waals surface area contributed by atoms with Gasteiger partial charge in [0.1, 0.15) is 5.82 Å². The van der Waals surface area contributed by atoms with Crippen LogP contribution in [0.3, 0.4) is 0 Å². The van der Waals surface area contributed by atoms with Crippen molar-refractivity contribution in [3.63, 3.8) is 0 Å². The van der Waals surface area contributed by atoms with Crippen LogP contribution >= 0.6 is 15.9 Å². The number of amides is 1. The molecule has 1 atom stereocenters. The molecule has 1 N–H and O–H groups in total. The Bertz CT molecular complexity index is 625. The normalized spacial score (nSPS) is 12.2. The van der Waals surface area contributed by atoms with Crippen molar-refractivity contribution < 1.29 is 4.79 Å². The molecule has 0 fully saturated rings. The molecule has 0 radical (unpaired) electrons. The van der Waals surface area contributed by atoms with Crippen molar-refractivity contribution in [3.8, 4) is 0 Å². The first-order chi connectivity index (χ1) is 10.5. The van der Waals surface area contributed by atoms with E-state index in [1.807, 2.05) is 18.0 Å². The Kier molecular flexibility index (Phi) is 5.69. The van der Waals surface area contributed by atoms with E-state index in [4.69, 9.17) is 0 Å². The summed E-state index contributed by atoms with van der Waals surface area (Å²) in [5.74, 6) is 0.487. The highest BCUT2D eigenvalue weighted by molar-refractivity contribution is 9.10. The first-order valence-corrected chi connectivity index (χ1v) is 7.93. The van der Waals surface area contributed by atoms with E-state index in [9.17, 15) is 4.79 Å².